The van der Waals surface area contributed by atoms with Gasteiger partial charge in [-0.25, -0.2) is 0 Å². The first-order chi connectivity index (χ1) is 10.4. The zero-order valence-electron chi connectivity index (χ0n) is 13.3. The van der Waals surface area contributed by atoms with Crippen LogP contribution in [0.5, 0.6) is 5.75 Å². The third kappa shape index (κ3) is 5.71. The zero-order chi connectivity index (χ0) is 16.3. The Kier molecular flexibility index (Phi) is 7.95. The summed E-state index contributed by atoms with van der Waals surface area (Å²) in [5.41, 5.74) is 5.96. The van der Waals surface area contributed by atoms with Gasteiger partial charge in [0.1, 0.15) is 5.75 Å². The summed E-state index contributed by atoms with van der Waals surface area (Å²) in [6.07, 6.45) is 1.47. The summed E-state index contributed by atoms with van der Waals surface area (Å²) in [6, 6.07) is 5.02. The van der Waals surface area contributed by atoms with Gasteiger partial charge in [0, 0.05) is 29.2 Å². The minimum Gasteiger partial charge on any atom is -0.481 e. The topological polar surface area (TPSA) is 55.6 Å². The molecule has 0 spiro atoms. The number of nitrogens with zero attached hydrogens (tertiary/aromatic N) is 1. The summed E-state index contributed by atoms with van der Waals surface area (Å²) in [5, 5.41) is 0.967. The van der Waals surface area contributed by atoms with Crippen LogP contribution < -0.4 is 10.5 Å². The Hall–Kier alpha value is -0.680. The number of amides is 1. The highest BCUT2D eigenvalue weighted by molar-refractivity contribution is 6.34. The van der Waals surface area contributed by atoms with Gasteiger partial charge in [-0.3, -0.25) is 4.79 Å². The number of hydrogen-bond acceptors (Lipinski definition) is 3. The van der Waals surface area contributed by atoms with E-state index in [1.165, 1.54) is 0 Å². The van der Waals surface area contributed by atoms with E-state index in [2.05, 4.69) is 0 Å². The van der Waals surface area contributed by atoms with E-state index in [1.54, 1.807) is 25.1 Å². The summed E-state index contributed by atoms with van der Waals surface area (Å²) in [6.45, 7) is 5.19. The number of carbonyl (C=O) groups is 1. The molecule has 0 aliphatic carbocycles. The van der Waals surface area contributed by atoms with Gasteiger partial charge in [-0.1, -0.05) is 23.2 Å². The third-order valence-electron chi connectivity index (χ3n) is 4.01. The normalized spacial score (nSPS) is 20.4. The van der Waals surface area contributed by atoms with Crippen molar-refractivity contribution in [3.05, 3.63) is 28.2 Å². The molecule has 1 heterocycles. The largest absolute Gasteiger partial charge is 0.481 e. The Balaban J connectivity index is 0.00000264. The molecule has 1 saturated heterocycles. The molecule has 0 bridgehead atoms. The van der Waals surface area contributed by atoms with Gasteiger partial charge >= 0.3 is 0 Å². The number of halogens is 3. The molecule has 0 radical (unpaired) electrons. The fourth-order valence-corrected chi connectivity index (χ4v) is 3.25. The summed E-state index contributed by atoms with van der Waals surface area (Å²) >= 11 is 11.9. The number of nitrogens with two attached hydrogens (primary N) is 1. The predicted octanol–water partition coefficient (Wildman–Crippen LogP) is 3.77. The number of likely N-dealkylation sites (tertiary alicyclic amines) is 1. The number of rotatable bonds is 4. The predicted molar refractivity (Wildman–Crippen MR) is 96.8 cm³/mol. The Morgan fingerprint density at radius 1 is 1.30 bits per heavy atom. The molecular formula is C16H23Cl3N2O2. The molecule has 1 aliphatic heterocycles. The molecule has 0 saturated carbocycles. The number of ether oxygens (including phenoxy) is 1. The van der Waals surface area contributed by atoms with Crippen molar-refractivity contribution in [3.8, 4) is 5.75 Å². The SMILES string of the molecule is CC(Oc1cc(Cl)cc(Cl)c1)C(=O)N1CCCC(C(C)N)C1.Cl. The Bertz CT molecular complexity index is 520. The van der Waals surface area contributed by atoms with Crippen LogP contribution >= 0.6 is 35.6 Å². The van der Waals surface area contributed by atoms with Crippen LogP contribution in [0.1, 0.15) is 26.7 Å². The van der Waals surface area contributed by atoms with Crippen molar-refractivity contribution in [3.63, 3.8) is 0 Å². The minimum absolute atomic E-state index is 0. The van der Waals surface area contributed by atoms with Crippen LogP contribution in [0.15, 0.2) is 18.2 Å². The molecule has 7 heteroatoms. The number of carbonyl (C=O) groups excluding carboxylic acids is 1. The Morgan fingerprint density at radius 2 is 1.91 bits per heavy atom. The summed E-state index contributed by atoms with van der Waals surface area (Å²) in [4.78, 5) is 14.4. The smallest absolute Gasteiger partial charge is 0.263 e. The molecule has 1 fully saturated rings. The van der Waals surface area contributed by atoms with Gasteiger partial charge in [-0.15, -0.1) is 12.4 Å². The monoisotopic (exact) mass is 380 g/mol. The number of hydrogen-bond donors (Lipinski definition) is 1. The summed E-state index contributed by atoms with van der Waals surface area (Å²) in [5.74, 6) is 0.825. The lowest BCUT2D eigenvalue weighted by Crippen LogP contribution is -2.48. The first-order valence-corrected chi connectivity index (χ1v) is 8.29. The zero-order valence-corrected chi connectivity index (χ0v) is 15.6. The van der Waals surface area contributed by atoms with E-state index in [4.69, 9.17) is 33.7 Å². The molecule has 1 amide bonds. The second kappa shape index (κ2) is 8.97. The van der Waals surface area contributed by atoms with E-state index in [0.29, 0.717) is 28.3 Å². The highest BCUT2D eigenvalue weighted by atomic mass is 35.5. The molecular weight excluding hydrogens is 359 g/mol. The van der Waals surface area contributed by atoms with Crippen LogP contribution in [-0.2, 0) is 4.79 Å². The minimum atomic E-state index is -0.582. The average molecular weight is 382 g/mol. The Morgan fingerprint density at radius 3 is 2.48 bits per heavy atom. The van der Waals surface area contributed by atoms with E-state index in [9.17, 15) is 4.79 Å². The van der Waals surface area contributed by atoms with Crippen LogP contribution in [-0.4, -0.2) is 36.0 Å². The summed E-state index contributed by atoms with van der Waals surface area (Å²) < 4.78 is 5.70. The molecule has 1 aromatic rings. The van der Waals surface area contributed by atoms with Crippen LogP contribution in [0.25, 0.3) is 0 Å². The molecule has 4 nitrogen and oxygen atoms in total. The lowest BCUT2D eigenvalue weighted by atomic mass is 9.92. The van der Waals surface area contributed by atoms with E-state index < -0.39 is 6.10 Å². The van der Waals surface area contributed by atoms with Crippen molar-refractivity contribution in [1.29, 1.82) is 0 Å². The van der Waals surface area contributed by atoms with Crippen molar-refractivity contribution in [1.82, 2.24) is 4.90 Å². The number of piperidine rings is 1. The van der Waals surface area contributed by atoms with Gasteiger partial charge in [-0.2, -0.15) is 0 Å². The maximum atomic E-state index is 12.5. The quantitative estimate of drug-likeness (QED) is 0.863. The Labute approximate surface area is 153 Å². The molecule has 1 aliphatic rings. The molecule has 2 rings (SSSR count). The van der Waals surface area contributed by atoms with Gasteiger partial charge in [-0.05, 0) is 50.8 Å². The van der Waals surface area contributed by atoms with Crippen molar-refractivity contribution < 1.29 is 9.53 Å². The highest BCUT2D eigenvalue weighted by Crippen LogP contribution is 2.26. The van der Waals surface area contributed by atoms with Gasteiger partial charge in [0.25, 0.3) is 5.91 Å². The molecule has 3 atom stereocenters. The van der Waals surface area contributed by atoms with Gasteiger partial charge in [0.2, 0.25) is 0 Å². The molecule has 3 unspecified atom stereocenters. The lowest BCUT2D eigenvalue weighted by molar-refractivity contribution is -0.139. The van der Waals surface area contributed by atoms with Gasteiger partial charge < -0.3 is 15.4 Å². The van der Waals surface area contributed by atoms with Gasteiger partial charge in [0.15, 0.2) is 6.10 Å². The summed E-state index contributed by atoms with van der Waals surface area (Å²) in [7, 11) is 0. The third-order valence-corrected chi connectivity index (χ3v) is 4.45. The molecule has 1 aromatic carbocycles. The highest BCUT2D eigenvalue weighted by Gasteiger charge is 2.29. The number of benzene rings is 1. The van der Waals surface area contributed by atoms with Gasteiger partial charge in [0.05, 0.1) is 0 Å². The fraction of sp³-hybridized carbons (Fsp3) is 0.562. The second-order valence-electron chi connectivity index (χ2n) is 5.91. The van der Waals surface area contributed by atoms with E-state index in [-0.39, 0.29) is 24.4 Å². The van der Waals surface area contributed by atoms with Crippen LogP contribution in [0.3, 0.4) is 0 Å². The first kappa shape index (κ1) is 20.4. The van der Waals surface area contributed by atoms with E-state index in [1.807, 2.05) is 11.8 Å². The second-order valence-corrected chi connectivity index (χ2v) is 6.78. The standard InChI is InChI=1S/C16H22Cl2N2O2.ClH/c1-10(19)12-4-3-5-20(9-12)16(21)11(2)22-15-7-13(17)6-14(18)8-15;/h6-8,10-12H,3-5,9,19H2,1-2H3;1H. The lowest BCUT2D eigenvalue weighted by Gasteiger charge is -2.35. The molecule has 0 aromatic heterocycles. The van der Waals surface area contributed by atoms with E-state index >= 15 is 0 Å². The van der Waals surface area contributed by atoms with Crippen molar-refractivity contribution >= 4 is 41.5 Å². The average Bonchev–Trinajstić information content (AvgIpc) is 2.45. The maximum absolute atomic E-state index is 12.5. The van der Waals surface area contributed by atoms with Crippen LogP contribution in [0.4, 0.5) is 0 Å². The first-order valence-electron chi connectivity index (χ1n) is 7.54. The van der Waals surface area contributed by atoms with E-state index in [0.717, 1.165) is 19.4 Å². The van der Waals surface area contributed by atoms with Crippen molar-refractivity contribution in [2.75, 3.05) is 13.1 Å². The molecule has 2 N–H and O–H groups in total. The molecule has 23 heavy (non-hydrogen) atoms. The van der Waals surface area contributed by atoms with Crippen molar-refractivity contribution in [2.24, 2.45) is 11.7 Å². The van der Waals surface area contributed by atoms with Crippen LogP contribution in [0, 0.1) is 5.92 Å². The maximum Gasteiger partial charge on any atom is 0.263 e. The van der Waals surface area contributed by atoms with Crippen molar-refractivity contribution in [2.45, 2.75) is 38.8 Å². The molecule has 130 valence electrons. The fourth-order valence-electron chi connectivity index (χ4n) is 2.75. The van der Waals surface area contributed by atoms with Crippen LogP contribution in [0.2, 0.25) is 10.0 Å².